The Morgan fingerprint density at radius 1 is 1.00 bits per heavy atom. The molecule has 0 aliphatic rings. The van der Waals surface area contributed by atoms with Crippen LogP contribution in [0, 0.1) is 0 Å². The van der Waals surface area contributed by atoms with Gasteiger partial charge in [-0.1, -0.05) is 0 Å². The summed E-state index contributed by atoms with van der Waals surface area (Å²) in [6.07, 6.45) is -6.03. The highest BCUT2D eigenvalue weighted by Crippen LogP contribution is 2.31. The van der Waals surface area contributed by atoms with Crippen molar-refractivity contribution in [1.82, 2.24) is 0 Å². The lowest BCUT2D eigenvalue weighted by molar-refractivity contribution is -0.151. The first-order valence-electron chi connectivity index (χ1n) is 9.09. The van der Waals surface area contributed by atoms with E-state index in [9.17, 15) is 22.8 Å². The number of rotatable bonds is 10. The molecule has 2 atom stereocenters. The first-order valence-corrected chi connectivity index (χ1v) is 9.09. The van der Waals surface area contributed by atoms with Gasteiger partial charge in [0.05, 0.1) is 18.6 Å². The lowest BCUT2D eigenvalue weighted by atomic mass is 10.1. The smallest absolute Gasteiger partial charge is 0.416 e. The molecule has 2 aromatic carbocycles. The SMILES string of the molecule is CCOC(=O)CC(OC=O)C(C)Oc1ccc(Oc2ccc(C(F)(F)F)cc2)cc1. The lowest BCUT2D eigenvalue weighted by Gasteiger charge is -2.22. The van der Waals surface area contributed by atoms with Crippen LogP contribution >= 0.6 is 0 Å². The van der Waals surface area contributed by atoms with Gasteiger partial charge in [-0.3, -0.25) is 9.59 Å². The fourth-order valence-electron chi connectivity index (χ4n) is 2.51. The monoisotopic (exact) mass is 426 g/mol. The highest BCUT2D eigenvalue weighted by Gasteiger charge is 2.30. The number of hydrogen-bond acceptors (Lipinski definition) is 6. The molecule has 0 saturated heterocycles. The molecule has 0 aromatic heterocycles. The molecule has 0 amide bonds. The van der Waals surface area contributed by atoms with Gasteiger partial charge in [0.2, 0.25) is 0 Å². The third-order valence-electron chi connectivity index (χ3n) is 3.99. The zero-order valence-corrected chi connectivity index (χ0v) is 16.3. The van der Waals surface area contributed by atoms with Crippen molar-refractivity contribution in [3.05, 3.63) is 54.1 Å². The minimum Gasteiger partial charge on any atom is -0.487 e. The molecule has 0 saturated carbocycles. The van der Waals surface area contributed by atoms with E-state index < -0.39 is 29.9 Å². The summed E-state index contributed by atoms with van der Waals surface area (Å²) in [4.78, 5) is 22.3. The maximum atomic E-state index is 12.6. The summed E-state index contributed by atoms with van der Waals surface area (Å²) in [5, 5.41) is 0. The molecule has 2 aromatic rings. The second-order valence-corrected chi connectivity index (χ2v) is 6.20. The summed E-state index contributed by atoms with van der Waals surface area (Å²) in [6, 6.07) is 10.6. The molecule has 0 aliphatic heterocycles. The van der Waals surface area contributed by atoms with Crippen molar-refractivity contribution in [3.8, 4) is 17.2 Å². The highest BCUT2D eigenvalue weighted by molar-refractivity contribution is 5.70. The quantitative estimate of drug-likeness (QED) is 0.403. The zero-order chi connectivity index (χ0) is 22.1. The largest absolute Gasteiger partial charge is 0.487 e. The molecule has 162 valence electrons. The normalized spacial score (nSPS) is 13.1. The third kappa shape index (κ3) is 6.98. The van der Waals surface area contributed by atoms with Crippen molar-refractivity contribution < 1.29 is 41.7 Å². The van der Waals surface area contributed by atoms with Crippen molar-refractivity contribution in [3.63, 3.8) is 0 Å². The number of alkyl halides is 3. The first kappa shape index (κ1) is 23.1. The molecular formula is C21H21F3O6. The van der Waals surface area contributed by atoms with Gasteiger partial charge in [0.25, 0.3) is 6.47 Å². The van der Waals surface area contributed by atoms with E-state index in [1.165, 1.54) is 12.1 Å². The fraction of sp³-hybridized carbons (Fsp3) is 0.333. The molecule has 0 spiro atoms. The maximum absolute atomic E-state index is 12.6. The van der Waals surface area contributed by atoms with Crippen LogP contribution in [-0.2, 0) is 25.2 Å². The number of carbonyl (C=O) groups is 2. The average Bonchev–Trinajstić information content (AvgIpc) is 2.69. The summed E-state index contributed by atoms with van der Waals surface area (Å²) in [7, 11) is 0. The summed E-state index contributed by atoms with van der Waals surface area (Å²) in [5.41, 5.74) is -0.762. The van der Waals surface area contributed by atoms with Gasteiger partial charge in [0.1, 0.15) is 29.5 Å². The van der Waals surface area contributed by atoms with Crippen LogP contribution in [0.1, 0.15) is 25.8 Å². The van der Waals surface area contributed by atoms with Gasteiger partial charge in [0, 0.05) is 0 Å². The Kier molecular flexibility index (Phi) is 8.08. The topological polar surface area (TPSA) is 71.1 Å². The Morgan fingerprint density at radius 3 is 2.03 bits per heavy atom. The van der Waals surface area contributed by atoms with E-state index in [2.05, 4.69) is 0 Å². The van der Waals surface area contributed by atoms with Gasteiger partial charge in [-0.2, -0.15) is 13.2 Å². The van der Waals surface area contributed by atoms with E-state index in [-0.39, 0.29) is 25.2 Å². The Balaban J connectivity index is 1.97. The Hall–Kier alpha value is -3.23. The minimum atomic E-state index is -4.41. The molecule has 2 unspecified atom stereocenters. The number of halogens is 3. The summed E-state index contributed by atoms with van der Waals surface area (Å²) in [5.74, 6) is 0.548. The average molecular weight is 426 g/mol. The number of ether oxygens (including phenoxy) is 4. The Bertz CT molecular complexity index is 818. The Labute approximate surface area is 171 Å². The molecule has 0 fully saturated rings. The van der Waals surface area contributed by atoms with Gasteiger partial charge in [-0.05, 0) is 62.4 Å². The molecule has 0 aliphatic carbocycles. The van der Waals surface area contributed by atoms with Crippen LogP contribution in [0.25, 0.3) is 0 Å². The van der Waals surface area contributed by atoms with Crippen LogP contribution in [0.5, 0.6) is 17.2 Å². The van der Waals surface area contributed by atoms with E-state index in [4.69, 9.17) is 18.9 Å². The zero-order valence-electron chi connectivity index (χ0n) is 16.3. The number of hydrogen-bond donors (Lipinski definition) is 0. The molecular weight excluding hydrogens is 405 g/mol. The second kappa shape index (κ2) is 10.5. The van der Waals surface area contributed by atoms with Crippen molar-refractivity contribution in [2.45, 2.75) is 38.7 Å². The predicted octanol–water partition coefficient (Wildman–Crippen LogP) is 4.76. The molecule has 0 N–H and O–H groups in total. The molecule has 9 heteroatoms. The van der Waals surface area contributed by atoms with Gasteiger partial charge >= 0.3 is 12.1 Å². The molecule has 6 nitrogen and oxygen atoms in total. The third-order valence-corrected chi connectivity index (χ3v) is 3.99. The summed E-state index contributed by atoms with van der Waals surface area (Å²) in [6.45, 7) is 3.76. The Morgan fingerprint density at radius 2 is 1.53 bits per heavy atom. The van der Waals surface area contributed by atoms with E-state index in [0.717, 1.165) is 12.1 Å². The van der Waals surface area contributed by atoms with Crippen LogP contribution in [0.3, 0.4) is 0 Å². The van der Waals surface area contributed by atoms with Gasteiger partial charge in [0.15, 0.2) is 0 Å². The number of carbonyl (C=O) groups excluding carboxylic acids is 2. The van der Waals surface area contributed by atoms with Crippen molar-refractivity contribution in [2.75, 3.05) is 6.61 Å². The second-order valence-electron chi connectivity index (χ2n) is 6.20. The van der Waals surface area contributed by atoms with Crippen LogP contribution in [0.15, 0.2) is 48.5 Å². The molecule has 0 radical (unpaired) electrons. The number of benzene rings is 2. The van der Waals surface area contributed by atoms with E-state index in [0.29, 0.717) is 11.5 Å². The summed E-state index contributed by atoms with van der Waals surface area (Å²) >= 11 is 0. The molecule has 0 bridgehead atoms. The summed E-state index contributed by atoms with van der Waals surface area (Å²) < 4.78 is 58.8. The standard InChI is InChI=1S/C21H21F3O6/c1-3-27-20(26)12-19(28-13-25)14(2)29-16-8-10-18(11-9-16)30-17-6-4-15(5-7-17)21(22,23)24/h4-11,13-14,19H,3,12H2,1-2H3. The minimum absolute atomic E-state index is 0.150. The fourth-order valence-corrected chi connectivity index (χ4v) is 2.51. The van der Waals surface area contributed by atoms with Crippen LogP contribution in [0.2, 0.25) is 0 Å². The van der Waals surface area contributed by atoms with Gasteiger partial charge in [-0.25, -0.2) is 0 Å². The van der Waals surface area contributed by atoms with E-state index in [1.807, 2.05) is 0 Å². The lowest BCUT2D eigenvalue weighted by Crippen LogP contribution is -2.34. The molecule has 0 heterocycles. The van der Waals surface area contributed by atoms with Crippen LogP contribution < -0.4 is 9.47 Å². The first-order chi connectivity index (χ1) is 14.2. The molecule has 30 heavy (non-hydrogen) atoms. The van der Waals surface area contributed by atoms with Crippen molar-refractivity contribution >= 4 is 12.4 Å². The predicted molar refractivity (Wildman–Crippen MR) is 100 cm³/mol. The van der Waals surface area contributed by atoms with Gasteiger partial charge < -0.3 is 18.9 Å². The van der Waals surface area contributed by atoms with E-state index in [1.54, 1.807) is 38.1 Å². The maximum Gasteiger partial charge on any atom is 0.416 e. The van der Waals surface area contributed by atoms with Crippen molar-refractivity contribution in [1.29, 1.82) is 0 Å². The van der Waals surface area contributed by atoms with Crippen molar-refractivity contribution in [2.24, 2.45) is 0 Å². The molecule has 2 rings (SSSR count). The van der Waals surface area contributed by atoms with Gasteiger partial charge in [-0.15, -0.1) is 0 Å². The number of esters is 1. The van der Waals surface area contributed by atoms with Crippen LogP contribution in [-0.4, -0.2) is 31.3 Å². The highest BCUT2D eigenvalue weighted by atomic mass is 19.4. The van der Waals surface area contributed by atoms with Crippen LogP contribution in [0.4, 0.5) is 13.2 Å². The van der Waals surface area contributed by atoms with E-state index >= 15 is 0 Å².